The third-order valence-corrected chi connectivity index (χ3v) is 10.6. The lowest BCUT2D eigenvalue weighted by molar-refractivity contribution is 1.12. The van der Waals surface area contributed by atoms with Gasteiger partial charge >= 0.3 is 0 Å². The van der Waals surface area contributed by atoms with E-state index in [1.165, 1.54) is 77.7 Å². The van der Waals surface area contributed by atoms with Crippen molar-refractivity contribution in [1.82, 2.24) is 0 Å². The molecule has 0 aliphatic carbocycles. The fourth-order valence-corrected chi connectivity index (χ4v) is 7.99. The van der Waals surface area contributed by atoms with E-state index in [0.29, 0.717) is 0 Å². The lowest BCUT2D eigenvalue weighted by Crippen LogP contribution is -2.11. The Labute approximate surface area is 295 Å². The van der Waals surface area contributed by atoms with Crippen LogP contribution < -0.4 is 19.6 Å². The van der Waals surface area contributed by atoms with Gasteiger partial charge in [-0.1, -0.05) is 0 Å². The van der Waals surface area contributed by atoms with Gasteiger partial charge in [-0.05, 0) is 109 Å². The van der Waals surface area contributed by atoms with Gasteiger partial charge in [0.15, 0.2) is 0 Å². The predicted molar refractivity (Wildman–Crippen MR) is 212 cm³/mol. The second kappa shape index (κ2) is 14.1. The van der Waals surface area contributed by atoms with E-state index < -0.39 is 0 Å². The lowest BCUT2D eigenvalue weighted by Gasteiger charge is -2.18. The van der Waals surface area contributed by atoms with E-state index in [1.807, 2.05) is 22.7 Å². The van der Waals surface area contributed by atoms with Gasteiger partial charge in [-0.3, -0.25) is 0 Å². The van der Waals surface area contributed by atoms with E-state index in [-0.39, 0.29) is 0 Å². The highest BCUT2D eigenvalue weighted by Crippen LogP contribution is 2.47. The highest BCUT2D eigenvalue weighted by Gasteiger charge is 2.34. The minimum absolute atomic E-state index is 1.19. The maximum Gasteiger partial charge on any atom is 0.106 e. The summed E-state index contributed by atoms with van der Waals surface area (Å²) in [6.45, 7) is 0. The van der Waals surface area contributed by atoms with Crippen molar-refractivity contribution < 1.29 is 0 Å². The molecular formula is C42H44N4S2+2. The Morgan fingerprint density at radius 3 is 0.771 bits per heavy atom. The molecule has 2 aromatic heterocycles. The normalized spacial score (nSPS) is 10.9. The second-order valence-corrected chi connectivity index (χ2v) is 14.7. The third kappa shape index (κ3) is 6.77. The van der Waals surface area contributed by atoms with Gasteiger partial charge in [0.2, 0.25) is 0 Å². The molecule has 0 radical (unpaired) electrons. The highest BCUT2D eigenvalue weighted by atomic mass is 32.1. The van der Waals surface area contributed by atoms with Crippen molar-refractivity contribution >= 4 is 45.4 Å². The van der Waals surface area contributed by atoms with Crippen molar-refractivity contribution in [3.63, 3.8) is 0 Å². The Bertz CT molecular complexity index is 1670. The van der Waals surface area contributed by atoms with Gasteiger partial charge in [0, 0.05) is 89.9 Å². The Kier molecular flexibility index (Phi) is 9.76. The van der Waals surface area contributed by atoms with Crippen LogP contribution in [0.4, 0.5) is 22.7 Å². The quantitative estimate of drug-likeness (QED) is 0.128. The molecule has 4 aromatic carbocycles. The van der Waals surface area contributed by atoms with Crippen LogP contribution in [0.15, 0.2) is 120 Å². The summed E-state index contributed by atoms with van der Waals surface area (Å²) in [6, 6.07) is 40.4. The number of hydrogen-bond acceptors (Lipinski definition) is 6. The van der Waals surface area contributed by atoms with E-state index in [1.54, 1.807) is 0 Å². The molecule has 242 valence electrons. The highest BCUT2D eigenvalue weighted by molar-refractivity contribution is 7.12. The van der Waals surface area contributed by atoms with Crippen molar-refractivity contribution in [2.24, 2.45) is 0 Å². The van der Waals surface area contributed by atoms with Crippen LogP contribution in [0.5, 0.6) is 0 Å². The third-order valence-electron chi connectivity index (χ3n) is 8.76. The summed E-state index contributed by atoms with van der Waals surface area (Å²) in [5.41, 5.74) is 12.1. The number of nitrogens with zero attached hydrogens (tertiary/aromatic N) is 4. The zero-order valence-corrected chi connectivity index (χ0v) is 30.8. The van der Waals surface area contributed by atoms with Crippen molar-refractivity contribution in [2.75, 3.05) is 76.0 Å². The van der Waals surface area contributed by atoms with Crippen LogP contribution in [0, 0.1) is 11.8 Å². The van der Waals surface area contributed by atoms with E-state index >= 15 is 0 Å². The molecule has 0 saturated carbocycles. The molecule has 0 spiro atoms. The van der Waals surface area contributed by atoms with Crippen LogP contribution in [0.25, 0.3) is 11.1 Å². The van der Waals surface area contributed by atoms with Crippen molar-refractivity contribution in [3.8, 4) is 11.1 Å². The first-order valence-corrected chi connectivity index (χ1v) is 17.9. The number of benzene rings is 4. The minimum atomic E-state index is 1.19. The molecule has 0 atom stereocenters. The molecule has 0 aliphatic heterocycles. The number of thiophene rings is 2. The van der Waals surface area contributed by atoms with Gasteiger partial charge in [-0.2, -0.15) is 0 Å². The first kappa shape index (κ1) is 33.1. The SMILES string of the molecule is CN(C)c1ccc([C+](c2ccc(N(C)C)cc2)c2sccc2-c2ccsc2[C+](c2ccc(N(C)C)cc2)c2ccc(N(C)C)cc2)cc1. The zero-order valence-electron chi connectivity index (χ0n) is 29.2. The molecule has 0 aliphatic rings. The standard InChI is InChI=1S/C42H44N4S2/c1-43(2)33-17-9-29(10-18-33)39(30-11-19-34(20-12-30)44(3)4)41-37(25-27-47-41)38-26-28-48-42(38)40(31-13-21-35(22-14-31)45(5)6)32-15-23-36(24-16-32)46(7)8/h9-28H,1-8H3/q+2. The van der Waals surface area contributed by atoms with Crippen LogP contribution in [0.3, 0.4) is 0 Å². The first-order chi connectivity index (χ1) is 23.1. The molecule has 6 aromatic rings. The summed E-state index contributed by atoms with van der Waals surface area (Å²) in [6.07, 6.45) is 0. The fraction of sp³-hybridized carbons (Fsp3) is 0.190. The molecule has 48 heavy (non-hydrogen) atoms. The number of anilines is 4. The van der Waals surface area contributed by atoms with Crippen LogP contribution >= 0.6 is 22.7 Å². The van der Waals surface area contributed by atoms with E-state index in [4.69, 9.17) is 0 Å². The van der Waals surface area contributed by atoms with E-state index in [2.05, 4.69) is 196 Å². The first-order valence-electron chi connectivity index (χ1n) is 16.1. The van der Waals surface area contributed by atoms with Gasteiger partial charge < -0.3 is 19.6 Å². The molecule has 0 saturated heterocycles. The van der Waals surface area contributed by atoms with Gasteiger partial charge in [0.1, 0.15) is 9.75 Å². The van der Waals surface area contributed by atoms with Gasteiger partial charge in [-0.25, -0.2) is 0 Å². The molecule has 0 unspecified atom stereocenters. The van der Waals surface area contributed by atoms with Crippen LogP contribution in [-0.4, -0.2) is 56.4 Å². The number of hydrogen-bond donors (Lipinski definition) is 0. The van der Waals surface area contributed by atoms with Gasteiger partial charge in [-0.15, -0.1) is 22.7 Å². The molecule has 0 fully saturated rings. The molecular weight excluding hydrogens is 625 g/mol. The average Bonchev–Trinajstić information content (AvgIpc) is 3.76. The Morgan fingerprint density at radius 2 is 0.562 bits per heavy atom. The lowest BCUT2D eigenvalue weighted by atomic mass is 9.84. The Morgan fingerprint density at radius 1 is 0.333 bits per heavy atom. The maximum absolute atomic E-state index is 2.30. The Hall–Kier alpha value is -4.78. The topological polar surface area (TPSA) is 13.0 Å². The molecule has 4 nitrogen and oxygen atoms in total. The molecule has 0 amide bonds. The fourth-order valence-electron chi connectivity index (χ4n) is 5.99. The molecule has 0 bridgehead atoms. The van der Waals surface area contributed by atoms with E-state index in [0.717, 1.165) is 0 Å². The smallest absolute Gasteiger partial charge is 0.106 e. The average molecular weight is 669 g/mol. The zero-order chi connectivity index (χ0) is 33.9. The monoisotopic (exact) mass is 668 g/mol. The second-order valence-electron chi connectivity index (χ2n) is 12.8. The molecule has 2 heterocycles. The summed E-state index contributed by atoms with van der Waals surface area (Å²) in [5.74, 6) is 2.50. The summed E-state index contributed by atoms with van der Waals surface area (Å²) >= 11 is 3.63. The summed E-state index contributed by atoms with van der Waals surface area (Å²) in [5, 5.41) is 4.48. The van der Waals surface area contributed by atoms with Crippen LogP contribution in [0.1, 0.15) is 32.0 Å². The predicted octanol–water partition coefficient (Wildman–Crippen LogP) is 9.78. The van der Waals surface area contributed by atoms with Crippen molar-refractivity contribution in [1.29, 1.82) is 0 Å². The minimum Gasteiger partial charge on any atom is -0.377 e. The molecule has 6 heteroatoms. The summed E-state index contributed by atoms with van der Waals surface area (Å²) in [7, 11) is 16.7. The van der Waals surface area contributed by atoms with Crippen molar-refractivity contribution in [2.45, 2.75) is 0 Å². The van der Waals surface area contributed by atoms with Crippen LogP contribution in [-0.2, 0) is 0 Å². The maximum atomic E-state index is 2.30. The molecule has 6 rings (SSSR count). The van der Waals surface area contributed by atoms with E-state index in [9.17, 15) is 0 Å². The largest absolute Gasteiger partial charge is 0.377 e. The van der Waals surface area contributed by atoms with Gasteiger partial charge in [0.05, 0.1) is 45.2 Å². The van der Waals surface area contributed by atoms with Crippen LogP contribution in [0.2, 0.25) is 0 Å². The van der Waals surface area contributed by atoms with Gasteiger partial charge in [0.25, 0.3) is 0 Å². The Balaban J connectivity index is 1.49. The summed E-state index contributed by atoms with van der Waals surface area (Å²) in [4.78, 5) is 11.1. The summed E-state index contributed by atoms with van der Waals surface area (Å²) < 4.78 is 0. The molecule has 0 N–H and O–H groups in total. The number of rotatable bonds is 11. The van der Waals surface area contributed by atoms with Crippen molar-refractivity contribution in [3.05, 3.63) is 164 Å².